The Bertz CT molecular complexity index is 515. The highest BCUT2D eigenvalue weighted by molar-refractivity contribution is 14.1. The molecular weight excluding hydrogens is 498 g/mol. The van der Waals surface area contributed by atoms with Gasteiger partial charge in [-0.2, -0.15) is 0 Å². The molecule has 0 aliphatic heterocycles. The Kier molecular flexibility index (Phi) is 8.07. The van der Waals surface area contributed by atoms with Gasteiger partial charge in [0.25, 0.3) is 0 Å². The Labute approximate surface area is 152 Å². The normalized spacial score (nSPS) is 10.7. The monoisotopic (exact) mass is 518 g/mol. The van der Waals surface area contributed by atoms with Crippen molar-refractivity contribution in [2.24, 2.45) is 0 Å². The number of rotatable bonds is 7. The molecule has 1 rings (SSSR count). The van der Waals surface area contributed by atoms with Gasteiger partial charge in [-0.15, -0.1) is 0 Å². The molecule has 0 saturated carbocycles. The summed E-state index contributed by atoms with van der Waals surface area (Å²) in [4.78, 5) is 10.8. The lowest BCUT2D eigenvalue weighted by atomic mass is 9.96. The highest BCUT2D eigenvalue weighted by Gasteiger charge is 2.23. The highest BCUT2D eigenvalue weighted by atomic mass is 127. The fourth-order valence-electron chi connectivity index (χ4n) is 2.17. The van der Waals surface area contributed by atoms with E-state index in [0.29, 0.717) is 3.57 Å². The third-order valence-corrected chi connectivity index (χ3v) is 6.52. The molecule has 21 heavy (non-hydrogen) atoms. The third kappa shape index (κ3) is 4.87. The molecule has 0 aromatic heterocycles. The first-order valence-electron chi connectivity index (χ1n) is 7.06. The predicted molar refractivity (Wildman–Crippen MR) is 99.4 cm³/mol. The number of ether oxygens (including phenoxy) is 1. The molecule has 0 heterocycles. The predicted octanol–water partition coefficient (Wildman–Crippen LogP) is 5.34. The molecule has 0 aliphatic carbocycles. The van der Waals surface area contributed by atoms with Crippen molar-refractivity contribution >= 4 is 51.3 Å². The lowest BCUT2D eigenvalue weighted by Crippen LogP contribution is -2.09. The van der Waals surface area contributed by atoms with E-state index >= 15 is 0 Å². The fourth-order valence-corrected chi connectivity index (χ4v) is 3.70. The van der Waals surface area contributed by atoms with Gasteiger partial charge in [0.05, 0.1) is 3.57 Å². The van der Waals surface area contributed by atoms with Crippen molar-refractivity contribution < 1.29 is 19.7 Å². The van der Waals surface area contributed by atoms with Crippen LogP contribution in [0.3, 0.4) is 0 Å². The van der Waals surface area contributed by atoms with Crippen molar-refractivity contribution in [3.63, 3.8) is 0 Å². The molecule has 0 unspecified atom stereocenters. The summed E-state index contributed by atoms with van der Waals surface area (Å²) in [6.07, 6.45) is 4.33. The Hall–Kier alpha value is -0.250. The van der Waals surface area contributed by atoms with Gasteiger partial charge in [-0.3, -0.25) is 0 Å². The Morgan fingerprint density at radius 3 is 2.05 bits per heavy atom. The van der Waals surface area contributed by atoms with E-state index < -0.39 is 6.16 Å². The topological polar surface area (TPSA) is 66.8 Å². The zero-order valence-electron chi connectivity index (χ0n) is 12.2. The van der Waals surface area contributed by atoms with Crippen LogP contribution in [0.1, 0.15) is 50.7 Å². The fraction of sp³-hybridized carbons (Fsp3) is 0.533. The van der Waals surface area contributed by atoms with Crippen LogP contribution in [0.25, 0.3) is 0 Å². The summed E-state index contributed by atoms with van der Waals surface area (Å²) < 4.78 is 6.44. The molecule has 4 nitrogen and oxygen atoms in total. The Morgan fingerprint density at radius 1 is 1.05 bits per heavy atom. The van der Waals surface area contributed by atoms with E-state index in [2.05, 4.69) is 36.4 Å². The number of benzene rings is 1. The van der Waals surface area contributed by atoms with Crippen molar-refractivity contribution in [2.45, 2.75) is 52.4 Å². The molecule has 0 aliphatic rings. The average molecular weight is 518 g/mol. The zero-order valence-corrected chi connectivity index (χ0v) is 16.5. The molecule has 0 atom stereocenters. The van der Waals surface area contributed by atoms with Crippen molar-refractivity contribution in [2.75, 3.05) is 0 Å². The van der Waals surface area contributed by atoms with Gasteiger partial charge in [0, 0.05) is 9.13 Å². The summed E-state index contributed by atoms with van der Waals surface area (Å²) in [5.41, 5.74) is 1.97. The quantitative estimate of drug-likeness (QED) is 0.291. The van der Waals surface area contributed by atoms with Crippen LogP contribution in [0.15, 0.2) is 0 Å². The SMILES string of the molecule is CCCCc1c(O)c(OC(=O)O)c(I)c(I)c1CCCC. The van der Waals surface area contributed by atoms with Crippen LogP contribution in [0.2, 0.25) is 0 Å². The lowest BCUT2D eigenvalue weighted by molar-refractivity contribution is 0.142. The van der Waals surface area contributed by atoms with Gasteiger partial charge >= 0.3 is 6.16 Å². The molecule has 0 saturated heterocycles. The number of hydrogen-bond donors (Lipinski definition) is 2. The molecule has 2 N–H and O–H groups in total. The van der Waals surface area contributed by atoms with Crippen LogP contribution in [0.4, 0.5) is 4.79 Å². The number of phenols is 1. The summed E-state index contributed by atoms with van der Waals surface area (Å²) in [5, 5.41) is 19.3. The lowest BCUT2D eigenvalue weighted by Gasteiger charge is -2.18. The third-order valence-electron chi connectivity index (χ3n) is 3.27. The molecule has 0 spiro atoms. The standard InChI is InChI=1S/C15H20I2O4/c1-3-5-7-9-10(8-6-4-2)13(18)14(21-15(19)20)12(17)11(9)16/h18H,3-8H2,1-2H3,(H,19,20). The molecule has 6 heteroatoms. The first kappa shape index (κ1) is 18.8. The van der Waals surface area contributed by atoms with Crippen molar-refractivity contribution in [3.8, 4) is 11.5 Å². The van der Waals surface area contributed by atoms with Gasteiger partial charge in [-0.25, -0.2) is 4.79 Å². The maximum absolute atomic E-state index is 10.8. The molecule has 1 aromatic rings. The average Bonchev–Trinajstić information content (AvgIpc) is 2.44. The second kappa shape index (κ2) is 9.02. The summed E-state index contributed by atoms with van der Waals surface area (Å²) in [6, 6.07) is 0. The smallest absolute Gasteiger partial charge is 0.504 e. The number of aromatic hydroxyl groups is 1. The van der Waals surface area contributed by atoms with Gasteiger partial charge in [0.1, 0.15) is 0 Å². The van der Waals surface area contributed by atoms with E-state index in [4.69, 9.17) is 9.84 Å². The van der Waals surface area contributed by atoms with Crippen LogP contribution in [0.5, 0.6) is 11.5 Å². The maximum Gasteiger partial charge on any atom is 0.511 e. The number of hydrogen-bond acceptors (Lipinski definition) is 3. The second-order valence-electron chi connectivity index (χ2n) is 4.84. The minimum absolute atomic E-state index is 0.0123. The van der Waals surface area contributed by atoms with Crippen LogP contribution >= 0.6 is 45.2 Å². The summed E-state index contributed by atoms with van der Waals surface area (Å²) in [7, 11) is 0. The van der Waals surface area contributed by atoms with Gasteiger partial charge in [0.2, 0.25) is 0 Å². The summed E-state index contributed by atoms with van der Waals surface area (Å²) in [5.74, 6) is 0.0561. The highest BCUT2D eigenvalue weighted by Crippen LogP contribution is 2.42. The van der Waals surface area contributed by atoms with E-state index in [-0.39, 0.29) is 11.5 Å². The molecule has 0 radical (unpaired) electrons. The number of phenolic OH excluding ortho intramolecular Hbond substituents is 1. The molecule has 0 fully saturated rings. The number of unbranched alkanes of at least 4 members (excludes halogenated alkanes) is 2. The number of carbonyl (C=O) groups is 1. The van der Waals surface area contributed by atoms with Crippen molar-refractivity contribution in [3.05, 3.63) is 18.3 Å². The summed E-state index contributed by atoms with van der Waals surface area (Å²) in [6.45, 7) is 4.22. The first-order valence-corrected chi connectivity index (χ1v) is 9.22. The van der Waals surface area contributed by atoms with Gasteiger partial charge in [-0.05, 0) is 76.4 Å². The van der Waals surface area contributed by atoms with E-state index in [1.54, 1.807) is 0 Å². The van der Waals surface area contributed by atoms with E-state index in [9.17, 15) is 9.90 Å². The van der Waals surface area contributed by atoms with E-state index in [1.807, 2.05) is 22.6 Å². The largest absolute Gasteiger partial charge is 0.511 e. The molecular formula is C15H20I2O4. The molecule has 118 valence electrons. The van der Waals surface area contributed by atoms with E-state index in [0.717, 1.165) is 53.2 Å². The van der Waals surface area contributed by atoms with Gasteiger partial charge in [-0.1, -0.05) is 26.7 Å². The van der Waals surface area contributed by atoms with Crippen LogP contribution in [-0.4, -0.2) is 16.4 Å². The molecule has 1 aromatic carbocycles. The minimum atomic E-state index is -1.40. The zero-order chi connectivity index (χ0) is 16.0. The number of carboxylic acid groups (broad SMARTS) is 1. The van der Waals surface area contributed by atoms with Crippen LogP contribution < -0.4 is 4.74 Å². The first-order chi connectivity index (χ1) is 9.93. The van der Waals surface area contributed by atoms with Crippen LogP contribution in [-0.2, 0) is 12.8 Å². The van der Waals surface area contributed by atoms with Crippen molar-refractivity contribution in [1.82, 2.24) is 0 Å². The molecule has 0 bridgehead atoms. The maximum atomic E-state index is 10.8. The Balaban J connectivity index is 3.38. The van der Waals surface area contributed by atoms with Gasteiger partial charge in [0.15, 0.2) is 11.5 Å². The van der Waals surface area contributed by atoms with Crippen LogP contribution in [0, 0.1) is 7.14 Å². The Morgan fingerprint density at radius 2 is 1.57 bits per heavy atom. The van der Waals surface area contributed by atoms with Crippen molar-refractivity contribution in [1.29, 1.82) is 0 Å². The second-order valence-corrected chi connectivity index (χ2v) is 7.00. The van der Waals surface area contributed by atoms with Gasteiger partial charge < -0.3 is 14.9 Å². The number of halogens is 2. The minimum Gasteiger partial charge on any atom is -0.504 e. The summed E-state index contributed by atoms with van der Waals surface area (Å²) >= 11 is 4.26. The van der Waals surface area contributed by atoms with E-state index in [1.165, 1.54) is 0 Å². The molecule has 0 amide bonds.